The molecule has 4 aromatic rings. The molecule has 0 bridgehead atoms. The smallest absolute Gasteiger partial charge is 0.283 e. The molecular weight excluding hydrogens is 484 g/mol. The van der Waals surface area contributed by atoms with Gasteiger partial charge in [-0.05, 0) is 36.8 Å². The van der Waals surface area contributed by atoms with E-state index in [1.807, 2.05) is 0 Å². The number of carbonyl (C=O) groups excluding carboxylic acids is 1. The number of hydrogen-bond donors (Lipinski definition) is 1. The van der Waals surface area contributed by atoms with Gasteiger partial charge in [0.1, 0.15) is 0 Å². The second-order valence-corrected chi connectivity index (χ2v) is 11.0. The van der Waals surface area contributed by atoms with Crippen LogP contribution in [-0.2, 0) is 27.9 Å². The topological polar surface area (TPSA) is 105 Å². The molecule has 3 heterocycles. The number of aliphatic hydroxyl groups is 1. The number of amides is 1. The molecule has 8 nitrogen and oxygen atoms in total. The molecule has 2 atom stereocenters. The minimum absolute atomic E-state index is 0.126. The molecule has 11 heteroatoms. The molecule has 170 valence electrons. The van der Waals surface area contributed by atoms with Gasteiger partial charge in [0.25, 0.3) is 10.0 Å². The molecule has 1 N–H and O–H groups in total. The van der Waals surface area contributed by atoms with E-state index in [1.54, 1.807) is 53.7 Å². The Hall–Kier alpha value is -2.79. The number of fused-ring (bicyclic) bond motifs is 2. The van der Waals surface area contributed by atoms with Crippen molar-refractivity contribution in [3.8, 4) is 0 Å². The van der Waals surface area contributed by atoms with Crippen molar-refractivity contribution < 1.29 is 18.3 Å². The van der Waals surface area contributed by atoms with E-state index >= 15 is 0 Å². The van der Waals surface area contributed by atoms with Gasteiger partial charge >= 0.3 is 0 Å². The van der Waals surface area contributed by atoms with Gasteiger partial charge in [-0.15, -0.1) is 11.3 Å². The molecule has 1 aliphatic heterocycles. The first kappa shape index (κ1) is 22.0. The molecule has 33 heavy (non-hydrogen) atoms. The van der Waals surface area contributed by atoms with Gasteiger partial charge in [-0.25, -0.2) is 4.98 Å². The highest BCUT2D eigenvalue weighted by molar-refractivity contribution is 7.89. The van der Waals surface area contributed by atoms with Crippen molar-refractivity contribution in [2.24, 2.45) is 0 Å². The molecule has 0 fully saturated rings. The fourth-order valence-corrected chi connectivity index (χ4v) is 6.27. The van der Waals surface area contributed by atoms with Crippen LogP contribution in [0.2, 0.25) is 5.02 Å². The number of aliphatic hydroxyl groups excluding tert-OH is 1. The van der Waals surface area contributed by atoms with Crippen molar-refractivity contribution in [2.75, 3.05) is 0 Å². The summed E-state index contributed by atoms with van der Waals surface area (Å²) in [5.41, 5.74) is 4.11. The Morgan fingerprint density at radius 1 is 1.21 bits per heavy atom. The molecule has 0 saturated heterocycles. The van der Waals surface area contributed by atoms with Gasteiger partial charge in [-0.1, -0.05) is 29.8 Å². The second-order valence-electron chi connectivity index (χ2n) is 7.89. The highest BCUT2D eigenvalue weighted by Gasteiger charge is 2.36. The van der Waals surface area contributed by atoms with Crippen LogP contribution < -0.4 is 0 Å². The number of aromatic nitrogens is 3. The van der Waals surface area contributed by atoms with E-state index in [4.69, 9.17) is 11.6 Å². The maximum atomic E-state index is 13.3. The first-order chi connectivity index (χ1) is 15.8. The van der Waals surface area contributed by atoms with E-state index in [9.17, 15) is 18.3 Å². The summed E-state index contributed by atoms with van der Waals surface area (Å²) in [6.07, 6.45) is 0.495. The van der Waals surface area contributed by atoms with Gasteiger partial charge in [0, 0.05) is 23.3 Å². The van der Waals surface area contributed by atoms with Gasteiger partial charge in [0.2, 0.25) is 5.91 Å². The Balaban J connectivity index is 1.40. The molecule has 1 aliphatic rings. The third-order valence-electron chi connectivity index (χ3n) is 5.71. The summed E-state index contributed by atoms with van der Waals surface area (Å²) in [5.74, 6) is -1.12. The predicted octanol–water partition coefficient (Wildman–Crippen LogP) is 3.39. The van der Waals surface area contributed by atoms with E-state index in [0.717, 1.165) is 14.3 Å². The van der Waals surface area contributed by atoms with Crippen LogP contribution >= 0.6 is 22.9 Å². The van der Waals surface area contributed by atoms with Crippen LogP contribution in [0.25, 0.3) is 10.2 Å². The van der Waals surface area contributed by atoms with Crippen LogP contribution in [0.15, 0.2) is 59.1 Å². The van der Waals surface area contributed by atoms with E-state index in [1.165, 1.54) is 23.6 Å². The quantitative estimate of drug-likeness (QED) is 0.448. The fraction of sp³-hybridized carbons (Fsp3) is 0.227. The Morgan fingerprint density at radius 3 is 2.73 bits per heavy atom. The molecule has 0 spiro atoms. The summed E-state index contributed by atoms with van der Waals surface area (Å²) in [4.78, 5) is 19.1. The van der Waals surface area contributed by atoms with Gasteiger partial charge in [-0.2, -0.15) is 17.6 Å². The standard InChI is InChI=1S/C22H19ClN4O4S2/c1-13(28)21(16-4-2-3-5-17(16)23)22(29)26-9-14-10-27(25-19(14)11-26)33(30,31)15-6-7-18-20(8-15)32-12-24-18/h2-8,10,12-13,21,28H,9,11H2,1H3/t13-,21+/m1/s1. The third-order valence-corrected chi connectivity index (χ3v) is 8.37. The summed E-state index contributed by atoms with van der Waals surface area (Å²) >= 11 is 7.64. The molecule has 2 aromatic carbocycles. The van der Waals surface area contributed by atoms with Crippen LogP contribution in [-0.4, -0.2) is 44.6 Å². The summed E-state index contributed by atoms with van der Waals surface area (Å²) < 4.78 is 27.9. The molecular formula is C22H19ClN4O4S2. The summed E-state index contributed by atoms with van der Waals surface area (Å²) in [5, 5.41) is 15.0. The molecule has 0 aliphatic carbocycles. The Kier molecular flexibility index (Phi) is 5.48. The normalized spacial score (nSPS) is 15.5. The lowest BCUT2D eigenvalue weighted by atomic mass is 9.92. The van der Waals surface area contributed by atoms with Crippen molar-refractivity contribution in [3.63, 3.8) is 0 Å². The SMILES string of the molecule is C[C@@H](O)[C@H](C(=O)N1Cc2cn(S(=O)(=O)c3ccc4ncsc4c3)nc2C1)c1ccccc1Cl. The van der Waals surface area contributed by atoms with E-state index in [-0.39, 0.29) is 23.9 Å². The Morgan fingerprint density at radius 2 is 2.00 bits per heavy atom. The lowest BCUT2D eigenvalue weighted by Gasteiger charge is -2.26. The maximum absolute atomic E-state index is 13.3. The molecule has 0 unspecified atom stereocenters. The van der Waals surface area contributed by atoms with Crippen molar-refractivity contribution in [2.45, 2.75) is 36.9 Å². The molecule has 2 aromatic heterocycles. The molecule has 1 amide bonds. The Labute approximate surface area is 199 Å². The van der Waals surface area contributed by atoms with E-state index in [2.05, 4.69) is 10.1 Å². The van der Waals surface area contributed by atoms with Crippen LogP contribution in [0.3, 0.4) is 0 Å². The van der Waals surface area contributed by atoms with Gasteiger partial charge in [-0.3, -0.25) is 4.79 Å². The van der Waals surface area contributed by atoms with Crippen molar-refractivity contribution >= 4 is 49.1 Å². The maximum Gasteiger partial charge on any atom is 0.283 e. The molecule has 0 radical (unpaired) electrons. The average molecular weight is 503 g/mol. The first-order valence-electron chi connectivity index (χ1n) is 10.1. The average Bonchev–Trinajstić information content (AvgIpc) is 3.49. The van der Waals surface area contributed by atoms with Gasteiger partial charge < -0.3 is 10.0 Å². The zero-order valence-electron chi connectivity index (χ0n) is 17.4. The highest BCUT2D eigenvalue weighted by atomic mass is 35.5. The number of benzene rings is 2. The van der Waals surface area contributed by atoms with Crippen LogP contribution in [0.5, 0.6) is 0 Å². The number of carbonyl (C=O) groups is 1. The number of rotatable bonds is 5. The zero-order chi connectivity index (χ0) is 23.3. The minimum atomic E-state index is -3.88. The van der Waals surface area contributed by atoms with Crippen LogP contribution in [0, 0.1) is 0 Å². The fourth-order valence-electron chi connectivity index (χ4n) is 4.03. The number of thiazole rings is 1. The Bertz CT molecular complexity index is 1460. The van der Waals surface area contributed by atoms with E-state index < -0.39 is 22.0 Å². The monoisotopic (exact) mass is 502 g/mol. The predicted molar refractivity (Wildman–Crippen MR) is 125 cm³/mol. The van der Waals surface area contributed by atoms with Crippen molar-refractivity contribution in [1.29, 1.82) is 0 Å². The highest BCUT2D eigenvalue weighted by Crippen LogP contribution is 2.33. The molecule has 0 saturated carbocycles. The minimum Gasteiger partial charge on any atom is -0.392 e. The molecule has 5 rings (SSSR count). The lowest BCUT2D eigenvalue weighted by Crippen LogP contribution is -2.36. The summed E-state index contributed by atoms with van der Waals surface area (Å²) in [7, 11) is -3.88. The number of nitrogens with zero attached hydrogens (tertiary/aromatic N) is 4. The second kappa shape index (κ2) is 8.21. The lowest BCUT2D eigenvalue weighted by molar-refractivity contribution is -0.135. The van der Waals surface area contributed by atoms with Gasteiger partial charge in [0.05, 0.1) is 44.9 Å². The largest absolute Gasteiger partial charge is 0.392 e. The number of halogens is 1. The van der Waals surface area contributed by atoms with Crippen molar-refractivity contribution in [1.82, 2.24) is 19.1 Å². The zero-order valence-corrected chi connectivity index (χ0v) is 19.8. The first-order valence-corrected chi connectivity index (χ1v) is 12.8. The van der Waals surface area contributed by atoms with E-state index in [0.29, 0.717) is 21.8 Å². The van der Waals surface area contributed by atoms with Gasteiger partial charge in [0.15, 0.2) is 0 Å². The van der Waals surface area contributed by atoms with Crippen LogP contribution in [0.4, 0.5) is 0 Å². The summed E-state index contributed by atoms with van der Waals surface area (Å²) in [6, 6.07) is 11.7. The third kappa shape index (κ3) is 3.82. The summed E-state index contributed by atoms with van der Waals surface area (Å²) in [6.45, 7) is 1.90. The number of hydrogen-bond acceptors (Lipinski definition) is 7. The van der Waals surface area contributed by atoms with Crippen molar-refractivity contribution in [3.05, 3.63) is 76.0 Å². The van der Waals surface area contributed by atoms with Crippen LogP contribution in [0.1, 0.15) is 29.7 Å².